The number of aryl methyl sites for hydroxylation is 1. The first-order valence-electron chi connectivity index (χ1n) is 12.3. The molecule has 1 aromatic heterocycles. The van der Waals surface area contributed by atoms with Crippen LogP contribution in [0.3, 0.4) is 0 Å². The number of rotatable bonds is 7. The van der Waals surface area contributed by atoms with Crippen molar-refractivity contribution in [3.8, 4) is 11.4 Å². The number of carbonyl (C=O) groups is 1. The summed E-state index contributed by atoms with van der Waals surface area (Å²) < 4.78 is 6.50. The second kappa shape index (κ2) is 11.2. The minimum Gasteiger partial charge on any atom is -0.345 e. The molecule has 1 fully saturated rings. The summed E-state index contributed by atoms with van der Waals surface area (Å²) in [7, 11) is 0. The molecule has 1 N–H and O–H groups in total. The van der Waals surface area contributed by atoms with Gasteiger partial charge in [-0.05, 0) is 49.6 Å². The zero-order valence-electron chi connectivity index (χ0n) is 20.2. The predicted molar refractivity (Wildman–Crippen MR) is 143 cm³/mol. The van der Waals surface area contributed by atoms with E-state index in [2.05, 4.69) is 73.5 Å². The van der Waals surface area contributed by atoms with Crippen LogP contribution in [0.2, 0.25) is 0 Å². The molecular weight excluding hydrogens is 516 g/mol. The Morgan fingerprint density at radius 2 is 1.89 bits per heavy atom. The van der Waals surface area contributed by atoms with Crippen molar-refractivity contribution in [3.05, 3.63) is 106 Å². The molecule has 0 spiro atoms. The van der Waals surface area contributed by atoms with E-state index in [-0.39, 0.29) is 17.9 Å². The van der Waals surface area contributed by atoms with Crippen molar-refractivity contribution in [1.82, 2.24) is 20.4 Å². The summed E-state index contributed by atoms with van der Waals surface area (Å²) >= 11 is 3.48. The van der Waals surface area contributed by atoms with Crippen molar-refractivity contribution in [2.75, 3.05) is 13.1 Å². The lowest BCUT2D eigenvalue weighted by molar-refractivity contribution is -0.127. The number of amides is 1. The summed E-state index contributed by atoms with van der Waals surface area (Å²) in [5, 5.41) is 7.49. The smallest absolute Gasteiger partial charge is 0.241 e. The Morgan fingerprint density at radius 1 is 1.08 bits per heavy atom. The average Bonchev–Trinajstić information content (AvgIpc) is 3.36. The van der Waals surface area contributed by atoms with Gasteiger partial charge in [-0.15, -0.1) is 0 Å². The molecule has 3 aromatic carbocycles. The molecule has 4 aromatic rings. The molecule has 1 saturated heterocycles. The van der Waals surface area contributed by atoms with E-state index in [1.807, 2.05) is 48.5 Å². The lowest BCUT2D eigenvalue weighted by atomic mass is 9.93. The third kappa shape index (κ3) is 5.91. The van der Waals surface area contributed by atoms with Crippen molar-refractivity contribution in [1.29, 1.82) is 0 Å². The third-order valence-electron chi connectivity index (χ3n) is 6.58. The second-order valence-electron chi connectivity index (χ2n) is 9.36. The van der Waals surface area contributed by atoms with Crippen molar-refractivity contribution in [2.45, 2.75) is 32.4 Å². The van der Waals surface area contributed by atoms with Gasteiger partial charge in [-0.2, -0.15) is 4.98 Å². The first-order valence-corrected chi connectivity index (χ1v) is 13.1. The number of benzene rings is 3. The fraction of sp³-hybridized carbons (Fsp3) is 0.276. The number of piperidine rings is 1. The van der Waals surface area contributed by atoms with Crippen LogP contribution in [0.25, 0.3) is 11.4 Å². The number of hydrogen-bond donors (Lipinski definition) is 1. The van der Waals surface area contributed by atoms with Gasteiger partial charge in [0.2, 0.25) is 17.6 Å². The van der Waals surface area contributed by atoms with E-state index < -0.39 is 0 Å². The van der Waals surface area contributed by atoms with Gasteiger partial charge in [0.05, 0.1) is 18.5 Å². The lowest BCUT2D eigenvalue weighted by Crippen LogP contribution is -2.43. The summed E-state index contributed by atoms with van der Waals surface area (Å²) in [6.45, 7) is 4.17. The second-order valence-corrected chi connectivity index (χ2v) is 10.3. The maximum Gasteiger partial charge on any atom is 0.241 e. The van der Waals surface area contributed by atoms with Gasteiger partial charge in [-0.1, -0.05) is 93.4 Å². The van der Waals surface area contributed by atoms with E-state index in [1.54, 1.807) is 0 Å². The van der Waals surface area contributed by atoms with E-state index >= 15 is 0 Å². The Bertz CT molecular complexity index is 1320. The molecule has 2 atom stereocenters. The molecule has 7 heteroatoms. The normalized spacial score (nSPS) is 17.0. The molecule has 5 rings (SSSR count). The van der Waals surface area contributed by atoms with Crippen LogP contribution >= 0.6 is 15.9 Å². The van der Waals surface area contributed by atoms with Crippen molar-refractivity contribution >= 4 is 21.8 Å². The van der Waals surface area contributed by atoms with Crippen LogP contribution in [0, 0.1) is 12.8 Å². The molecule has 1 aliphatic rings. The van der Waals surface area contributed by atoms with Crippen molar-refractivity contribution in [2.24, 2.45) is 5.92 Å². The van der Waals surface area contributed by atoms with Crippen LogP contribution in [-0.4, -0.2) is 34.0 Å². The van der Waals surface area contributed by atoms with Gasteiger partial charge in [0.1, 0.15) is 0 Å². The van der Waals surface area contributed by atoms with Crippen LogP contribution in [0.15, 0.2) is 87.9 Å². The van der Waals surface area contributed by atoms with E-state index in [4.69, 9.17) is 4.52 Å². The molecular formula is C29H29BrN4O2. The minimum atomic E-state index is -0.183. The Hall–Kier alpha value is -3.29. The summed E-state index contributed by atoms with van der Waals surface area (Å²) in [5.74, 6) is 1.12. The number of aromatic nitrogens is 2. The first kappa shape index (κ1) is 24.4. The van der Waals surface area contributed by atoms with E-state index in [0.717, 1.165) is 40.5 Å². The van der Waals surface area contributed by atoms with Crippen molar-refractivity contribution < 1.29 is 9.32 Å². The fourth-order valence-electron chi connectivity index (χ4n) is 4.78. The fourth-order valence-corrected chi connectivity index (χ4v) is 5.18. The highest BCUT2D eigenvalue weighted by Gasteiger charge is 2.29. The molecule has 36 heavy (non-hydrogen) atoms. The van der Waals surface area contributed by atoms with Crippen molar-refractivity contribution in [3.63, 3.8) is 0 Å². The van der Waals surface area contributed by atoms with Crippen LogP contribution in [-0.2, 0) is 11.3 Å². The molecule has 0 saturated carbocycles. The number of halogens is 1. The molecule has 2 unspecified atom stereocenters. The monoisotopic (exact) mass is 544 g/mol. The molecule has 0 radical (unpaired) electrons. The van der Waals surface area contributed by atoms with Gasteiger partial charge in [-0.25, -0.2) is 0 Å². The highest BCUT2D eigenvalue weighted by Crippen LogP contribution is 2.26. The number of nitrogens with zero attached hydrogens (tertiary/aromatic N) is 3. The first-order chi connectivity index (χ1) is 17.5. The Kier molecular flexibility index (Phi) is 7.58. The van der Waals surface area contributed by atoms with Crippen LogP contribution in [0.4, 0.5) is 0 Å². The summed E-state index contributed by atoms with van der Waals surface area (Å²) in [4.78, 5) is 20.3. The summed E-state index contributed by atoms with van der Waals surface area (Å²) in [5.41, 5.74) is 4.25. The zero-order chi connectivity index (χ0) is 24.9. The molecule has 1 aliphatic heterocycles. The number of carbonyl (C=O) groups excluding carboxylic acids is 1. The molecule has 2 heterocycles. The SMILES string of the molecule is Cc1cccc(C(NC(=O)C2CCCN(Cc3nc(-c4cccc(Br)c4)no3)C2)c2ccccc2)c1. The van der Waals surface area contributed by atoms with E-state index in [1.165, 1.54) is 5.56 Å². The zero-order valence-corrected chi connectivity index (χ0v) is 21.8. The van der Waals surface area contributed by atoms with Gasteiger partial charge < -0.3 is 9.84 Å². The van der Waals surface area contributed by atoms with Gasteiger partial charge in [-0.3, -0.25) is 9.69 Å². The number of nitrogens with one attached hydrogen (secondary N) is 1. The standard InChI is InChI=1S/C29H29BrN4O2/c1-20-8-5-11-22(16-20)27(21-9-3-2-4-10-21)32-29(35)24-13-7-15-34(18-24)19-26-31-28(33-36-26)23-12-6-14-25(30)17-23/h2-6,8-12,14,16-17,24,27H,7,13,15,18-19H2,1H3,(H,32,35). The van der Waals surface area contributed by atoms with Gasteiger partial charge in [0.15, 0.2) is 0 Å². The largest absolute Gasteiger partial charge is 0.345 e. The van der Waals surface area contributed by atoms with Crippen LogP contribution in [0.1, 0.15) is 41.5 Å². The lowest BCUT2D eigenvalue weighted by Gasteiger charge is -2.32. The third-order valence-corrected chi connectivity index (χ3v) is 7.07. The Balaban J connectivity index is 1.26. The maximum atomic E-state index is 13.5. The van der Waals surface area contributed by atoms with Gasteiger partial charge in [0.25, 0.3) is 0 Å². The van der Waals surface area contributed by atoms with E-state index in [0.29, 0.717) is 24.8 Å². The topological polar surface area (TPSA) is 71.3 Å². The van der Waals surface area contributed by atoms with Gasteiger partial charge >= 0.3 is 0 Å². The minimum absolute atomic E-state index is 0.0791. The number of likely N-dealkylation sites (tertiary alicyclic amines) is 1. The summed E-state index contributed by atoms with van der Waals surface area (Å²) in [6.07, 6.45) is 1.82. The molecule has 1 amide bonds. The van der Waals surface area contributed by atoms with Gasteiger partial charge in [0, 0.05) is 16.6 Å². The molecule has 6 nitrogen and oxygen atoms in total. The number of hydrogen-bond acceptors (Lipinski definition) is 5. The highest BCUT2D eigenvalue weighted by molar-refractivity contribution is 9.10. The maximum absolute atomic E-state index is 13.5. The molecule has 0 bridgehead atoms. The van der Waals surface area contributed by atoms with Crippen LogP contribution < -0.4 is 5.32 Å². The highest BCUT2D eigenvalue weighted by atomic mass is 79.9. The molecule has 0 aliphatic carbocycles. The quantitative estimate of drug-likeness (QED) is 0.312. The Morgan fingerprint density at radius 3 is 2.69 bits per heavy atom. The Labute approximate surface area is 219 Å². The molecule has 184 valence electrons. The average molecular weight is 545 g/mol. The summed E-state index contributed by atoms with van der Waals surface area (Å²) in [6, 6.07) is 26.2. The van der Waals surface area contributed by atoms with E-state index in [9.17, 15) is 4.79 Å². The van der Waals surface area contributed by atoms with Crippen LogP contribution in [0.5, 0.6) is 0 Å². The predicted octanol–water partition coefficient (Wildman–Crippen LogP) is 5.93.